The van der Waals surface area contributed by atoms with Crippen LogP contribution in [0.2, 0.25) is 0 Å². The van der Waals surface area contributed by atoms with Crippen LogP contribution < -0.4 is 24.8 Å². The summed E-state index contributed by atoms with van der Waals surface area (Å²) in [6.07, 6.45) is 16.4. The van der Waals surface area contributed by atoms with Crippen LogP contribution in [0.4, 0.5) is 0 Å². The van der Waals surface area contributed by atoms with Gasteiger partial charge in [-0.25, -0.2) is 23.3 Å². The Morgan fingerprint density at radius 3 is 1.94 bits per heavy atom. The number of hydrogen-bond acceptors (Lipinski definition) is 0. The van der Waals surface area contributed by atoms with Crippen LogP contribution in [0.3, 0.4) is 0 Å². The second-order valence-electron chi connectivity index (χ2n) is 2.90. The van der Waals surface area contributed by atoms with E-state index in [0.29, 0.717) is 0 Å². The van der Waals surface area contributed by atoms with Gasteiger partial charge in [0.15, 0.2) is 0 Å². The zero-order valence-electron chi connectivity index (χ0n) is 9.69. The molecule has 0 N–H and O–H groups in total. The van der Waals surface area contributed by atoms with Crippen molar-refractivity contribution in [2.45, 2.75) is 26.7 Å². The van der Waals surface area contributed by atoms with E-state index in [2.05, 4.69) is 42.4 Å². The molecule has 0 fully saturated rings. The van der Waals surface area contributed by atoms with Crippen LogP contribution in [-0.4, -0.2) is 4.21 Å². The minimum absolute atomic E-state index is 0. The average molecular weight is 334 g/mol. The van der Waals surface area contributed by atoms with Gasteiger partial charge in [0.05, 0.1) is 0 Å². The summed E-state index contributed by atoms with van der Waals surface area (Å²) < 4.78 is 3.34. The van der Waals surface area contributed by atoms with E-state index in [1.165, 1.54) is 35.4 Å². The summed E-state index contributed by atoms with van der Waals surface area (Å²) in [5.74, 6) is 0. The molecule has 0 aromatic rings. The summed E-state index contributed by atoms with van der Waals surface area (Å²) in [7, 11) is 0. The number of halogens is 2. The molecule has 0 heterocycles. The first kappa shape index (κ1) is 21.6. The molecule has 0 unspecified atom stereocenters. The Morgan fingerprint density at radius 1 is 1.19 bits per heavy atom. The molecule has 0 aromatic heterocycles. The third-order valence-electron chi connectivity index (χ3n) is 1.95. The fourth-order valence-corrected chi connectivity index (χ4v) is 0.990. The predicted molar refractivity (Wildman–Crippen MR) is 59.5 cm³/mol. The van der Waals surface area contributed by atoms with Gasteiger partial charge in [-0.15, -0.1) is 19.8 Å². The molecule has 0 aromatic carbocycles. The van der Waals surface area contributed by atoms with Crippen molar-refractivity contribution in [3.63, 3.8) is 0 Å². The third kappa shape index (κ3) is 10.8. The molecule has 0 saturated heterocycles. The van der Waals surface area contributed by atoms with Crippen molar-refractivity contribution < 1.29 is 49.0 Å². The van der Waals surface area contributed by atoms with Crippen LogP contribution in [0.5, 0.6) is 0 Å². The topological polar surface area (TPSA) is 0 Å². The third-order valence-corrected chi connectivity index (χ3v) is 1.95. The van der Waals surface area contributed by atoms with Crippen LogP contribution in [0.15, 0.2) is 35.5 Å². The van der Waals surface area contributed by atoms with E-state index in [1.807, 2.05) is 12.2 Å². The van der Waals surface area contributed by atoms with Crippen molar-refractivity contribution in [3.8, 4) is 0 Å². The van der Waals surface area contributed by atoms with Crippen LogP contribution in [-0.2, 0) is 24.2 Å². The standard InChI is InChI=1S/C7H9.C5H5.CH2.2ClH.Zr/c1-6-4-3-5-7(6)2;1-2-4-5-3-1;;;;/h4H,3H2,1-2H3;1-3H,4H2;1H2;2*1H;/q2*-1;;;;+2/p-2. The molecule has 2 aliphatic carbocycles. The first-order chi connectivity index (χ1) is 6.80. The molecule has 16 heavy (non-hydrogen) atoms. The Labute approximate surface area is 127 Å². The molecule has 0 spiro atoms. The van der Waals surface area contributed by atoms with Gasteiger partial charge in [0.1, 0.15) is 0 Å². The zero-order valence-corrected chi connectivity index (χ0v) is 13.7. The number of allylic oxidation sites excluding steroid dienone is 8. The first-order valence-corrected chi connectivity index (χ1v) is 6.36. The molecule has 0 radical (unpaired) electrons. The Morgan fingerprint density at radius 2 is 1.81 bits per heavy atom. The van der Waals surface area contributed by atoms with Gasteiger partial charge in [0, 0.05) is 0 Å². The van der Waals surface area contributed by atoms with Crippen molar-refractivity contribution in [2.75, 3.05) is 0 Å². The second kappa shape index (κ2) is 15.3. The quantitative estimate of drug-likeness (QED) is 0.425. The Balaban J connectivity index is -0.000000169. The monoisotopic (exact) mass is 332 g/mol. The maximum Gasteiger partial charge on any atom is -1.00 e. The fourth-order valence-electron chi connectivity index (χ4n) is 0.990. The number of rotatable bonds is 0. The Hall–Kier alpha value is 0.293. The molecule has 2 aliphatic rings. The summed E-state index contributed by atoms with van der Waals surface area (Å²) in [4.78, 5) is 0. The maximum absolute atomic E-state index is 3.34. The van der Waals surface area contributed by atoms with Gasteiger partial charge in [0.2, 0.25) is 0 Å². The van der Waals surface area contributed by atoms with E-state index in [1.54, 1.807) is 0 Å². The van der Waals surface area contributed by atoms with Crippen LogP contribution in [0.25, 0.3) is 0 Å². The van der Waals surface area contributed by atoms with E-state index in [4.69, 9.17) is 0 Å². The van der Waals surface area contributed by atoms with Gasteiger partial charge < -0.3 is 24.8 Å². The van der Waals surface area contributed by atoms with Crippen molar-refractivity contribution in [3.05, 3.63) is 47.6 Å². The molecular weight excluding hydrogens is 318 g/mol. The molecule has 3 heteroatoms. The van der Waals surface area contributed by atoms with Crippen molar-refractivity contribution in [1.29, 1.82) is 0 Å². The fraction of sp³-hybridized carbons (Fsp3) is 0.308. The minimum atomic E-state index is 0. The van der Waals surface area contributed by atoms with E-state index in [0.717, 1.165) is 12.8 Å². The molecule has 88 valence electrons. The Bertz CT molecular complexity index is 250. The van der Waals surface area contributed by atoms with Gasteiger partial charge in [-0.2, -0.15) is 12.2 Å². The molecule has 0 saturated carbocycles. The summed E-state index contributed by atoms with van der Waals surface area (Å²) >= 11 is 1.30. The summed E-state index contributed by atoms with van der Waals surface area (Å²) in [5, 5.41) is 0. The van der Waals surface area contributed by atoms with Crippen LogP contribution in [0, 0.1) is 12.2 Å². The molecule has 0 amide bonds. The minimum Gasteiger partial charge on any atom is -1.00 e. The summed E-state index contributed by atoms with van der Waals surface area (Å²) in [5.41, 5.74) is 2.71. The molecule has 0 aliphatic heterocycles. The largest absolute Gasteiger partial charge is 1.00 e. The van der Waals surface area contributed by atoms with Crippen molar-refractivity contribution >= 4 is 4.21 Å². The van der Waals surface area contributed by atoms with Crippen molar-refractivity contribution in [1.82, 2.24) is 0 Å². The van der Waals surface area contributed by atoms with Gasteiger partial charge >= 0.3 is 28.4 Å². The normalized spacial score (nSPS) is 14.2. The van der Waals surface area contributed by atoms with E-state index in [9.17, 15) is 0 Å². The van der Waals surface area contributed by atoms with Gasteiger partial charge in [-0.05, 0) is 0 Å². The second-order valence-corrected chi connectivity index (χ2v) is 2.90. The molecule has 2 rings (SSSR count). The maximum atomic E-state index is 3.34. The van der Waals surface area contributed by atoms with E-state index < -0.39 is 0 Å². The molecule has 0 atom stereocenters. The molecule has 0 bridgehead atoms. The van der Waals surface area contributed by atoms with E-state index in [-0.39, 0.29) is 24.8 Å². The average Bonchev–Trinajstić information content (AvgIpc) is 2.86. The predicted octanol–water partition coefficient (Wildman–Crippen LogP) is -2.64. The molecular formula is C13H16Cl2Zr-2. The first-order valence-electron chi connectivity index (χ1n) is 4.62. The van der Waals surface area contributed by atoms with Gasteiger partial charge in [-0.1, -0.05) is 6.92 Å². The number of hydrogen-bond donors (Lipinski definition) is 0. The van der Waals surface area contributed by atoms with E-state index >= 15 is 0 Å². The smallest absolute Gasteiger partial charge is 1.00 e. The Kier molecular flexibility index (Phi) is 20.6. The van der Waals surface area contributed by atoms with Gasteiger partial charge in [0.25, 0.3) is 0 Å². The summed E-state index contributed by atoms with van der Waals surface area (Å²) in [6, 6.07) is 0. The SMILES string of the molecule is CC1=[C-]CC=C1C.[C-]1=CC=CC1.[CH2]=[Zr+2].[Cl-].[Cl-]. The van der Waals surface area contributed by atoms with Gasteiger partial charge in [-0.3, -0.25) is 12.2 Å². The van der Waals surface area contributed by atoms with Crippen LogP contribution in [0.1, 0.15) is 26.7 Å². The van der Waals surface area contributed by atoms with Crippen LogP contribution >= 0.6 is 0 Å². The molecule has 0 nitrogen and oxygen atoms in total. The zero-order chi connectivity index (χ0) is 10.8. The summed E-state index contributed by atoms with van der Waals surface area (Å²) in [6.45, 7) is 4.22. The van der Waals surface area contributed by atoms with Crippen molar-refractivity contribution in [2.24, 2.45) is 0 Å².